The minimum atomic E-state index is -0.987. The quantitative estimate of drug-likeness (QED) is 0.776. The Morgan fingerprint density at radius 2 is 2.16 bits per heavy atom. The predicted molar refractivity (Wildman–Crippen MR) is 72.3 cm³/mol. The van der Waals surface area contributed by atoms with Gasteiger partial charge in [0.1, 0.15) is 5.82 Å². The maximum absolute atomic E-state index is 10.7. The van der Waals surface area contributed by atoms with Crippen LogP contribution in [0.4, 0.5) is 5.82 Å². The summed E-state index contributed by atoms with van der Waals surface area (Å²) >= 11 is 0. The van der Waals surface area contributed by atoms with Crippen molar-refractivity contribution >= 4 is 11.8 Å². The molecule has 0 aliphatic heterocycles. The molecule has 1 aliphatic rings. The number of rotatable bonds is 4. The lowest BCUT2D eigenvalue weighted by Crippen LogP contribution is -2.40. The Bertz CT molecular complexity index is 437. The second kappa shape index (κ2) is 5.57. The van der Waals surface area contributed by atoms with E-state index in [0.717, 1.165) is 25.7 Å². The molecule has 0 spiro atoms. The van der Waals surface area contributed by atoms with Gasteiger partial charge in [-0.05, 0) is 43.7 Å². The van der Waals surface area contributed by atoms with Crippen LogP contribution in [-0.2, 0) is 0 Å². The molecule has 1 heterocycles. The molecule has 0 unspecified atom stereocenters. The van der Waals surface area contributed by atoms with E-state index in [4.69, 9.17) is 5.11 Å². The summed E-state index contributed by atoms with van der Waals surface area (Å²) in [5.74, 6) is 0.296. The lowest BCUT2D eigenvalue weighted by Gasteiger charge is -2.35. The fourth-order valence-electron chi connectivity index (χ4n) is 2.36. The van der Waals surface area contributed by atoms with Crippen molar-refractivity contribution in [2.75, 3.05) is 11.9 Å². The average molecular weight is 264 g/mol. The van der Waals surface area contributed by atoms with E-state index in [1.165, 1.54) is 12.3 Å². The van der Waals surface area contributed by atoms with Crippen molar-refractivity contribution in [3.05, 3.63) is 23.9 Å². The maximum atomic E-state index is 10.7. The molecule has 2 rings (SSSR count). The van der Waals surface area contributed by atoms with E-state index in [1.807, 2.05) is 0 Å². The molecule has 0 saturated heterocycles. The van der Waals surface area contributed by atoms with Crippen molar-refractivity contribution in [3.63, 3.8) is 0 Å². The third-order valence-electron chi connectivity index (χ3n) is 3.81. The Morgan fingerprint density at radius 1 is 1.47 bits per heavy atom. The largest absolute Gasteiger partial charge is 0.478 e. The summed E-state index contributed by atoms with van der Waals surface area (Å²) in [5.41, 5.74) is -0.504. The fourth-order valence-corrected chi connectivity index (χ4v) is 2.36. The van der Waals surface area contributed by atoms with Crippen LogP contribution in [0.1, 0.15) is 43.0 Å². The van der Waals surface area contributed by atoms with E-state index in [0.29, 0.717) is 18.3 Å². The standard InChI is InChI=1S/C14H20N2O3/c1-10-4-6-14(19,7-5-10)9-16-12-3-2-11(8-15-12)13(17)18/h2-3,8,10,19H,4-7,9H2,1H3,(H,15,16)(H,17,18). The molecule has 0 atom stereocenters. The topological polar surface area (TPSA) is 82.5 Å². The lowest BCUT2D eigenvalue weighted by atomic mass is 9.79. The number of anilines is 1. The Kier molecular flexibility index (Phi) is 4.04. The van der Waals surface area contributed by atoms with Crippen LogP contribution in [0.15, 0.2) is 18.3 Å². The lowest BCUT2D eigenvalue weighted by molar-refractivity contribution is 0.00494. The number of aromatic carboxylic acids is 1. The zero-order chi connectivity index (χ0) is 13.9. The Labute approximate surface area is 112 Å². The minimum absolute atomic E-state index is 0.163. The van der Waals surface area contributed by atoms with Crippen molar-refractivity contribution in [3.8, 4) is 0 Å². The van der Waals surface area contributed by atoms with Crippen LogP contribution in [0.3, 0.4) is 0 Å². The van der Waals surface area contributed by atoms with E-state index in [9.17, 15) is 9.90 Å². The summed E-state index contributed by atoms with van der Waals surface area (Å²) in [4.78, 5) is 14.7. The molecular formula is C14H20N2O3. The molecule has 5 heteroatoms. The number of aromatic nitrogens is 1. The molecule has 1 saturated carbocycles. The number of carbonyl (C=O) groups is 1. The predicted octanol–water partition coefficient (Wildman–Crippen LogP) is 2.13. The van der Waals surface area contributed by atoms with E-state index in [2.05, 4.69) is 17.2 Å². The number of nitrogens with zero attached hydrogens (tertiary/aromatic N) is 1. The molecule has 3 N–H and O–H groups in total. The first-order valence-electron chi connectivity index (χ1n) is 6.64. The highest BCUT2D eigenvalue weighted by Crippen LogP contribution is 2.31. The van der Waals surface area contributed by atoms with Gasteiger partial charge < -0.3 is 15.5 Å². The van der Waals surface area contributed by atoms with E-state index >= 15 is 0 Å². The second-order valence-electron chi connectivity index (χ2n) is 5.50. The van der Waals surface area contributed by atoms with E-state index in [-0.39, 0.29) is 5.56 Å². The average Bonchev–Trinajstić information content (AvgIpc) is 2.41. The van der Waals surface area contributed by atoms with Gasteiger partial charge >= 0.3 is 5.97 Å². The first-order chi connectivity index (χ1) is 8.98. The van der Waals surface area contributed by atoms with Crippen molar-refractivity contribution in [1.29, 1.82) is 0 Å². The van der Waals surface area contributed by atoms with Gasteiger partial charge in [-0.15, -0.1) is 0 Å². The summed E-state index contributed by atoms with van der Waals surface area (Å²) in [6.07, 6.45) is 5.01. The summed E-state index contributed by atoms with van der Waals surface area (Å²) in [6, 6.07) is 3.13. The molecule has 1 fully saturated rings. The summed E-state index contributed by atoms with van der Waals surface area (Å²) in [7, 11) is 0. The number of carboxylic acids is 1. The minimum Gasteiger partial charge on any atom is -0.478 e. The van der Waals surface area contributed by atoms with Gasteiger partial charge in [0.05, 0.1) is 11.2 Å². The number of hydrogen-bond acceptors (Lipinski definition) is 4. The van der Waals surface area contributed by atoms with Crippen LogP contribution >= 0.6 is 0 Å². The number of hydrogen-bond donors (Lipinski definition) is 3. The highest BCUT2D eigenvalue weighted by molar-refractivity contribution is 5.87. The van der Waals surface area contributed by atoms with Crippen molar-refractivity contribution in [1.82, 2.24) is 4.98 Å². The van der Waals surface area contributed by atoms with Crippen molar-refractivity contribution in [2.45, 2.75) is 38.2 Å². The second-order valence-corrected chi connectivity index (χ2v) is 5.50. The third-order valence-corrected chi connectivity index (χ3v) is 3.81. The molecule has 0 aromatic carbocycles. The van der Waals surface area contributed by atoms with Gasteiger partial charge in [0.25, 0.3) is 0 Å². The van der Waals surface area contributed by atoms with Crippen LogP contribution in [0, 0.1) is 5.92 Å². The molecular weight excluding hydrogens is 244 g/mol. The maximum Gasteiger partial charge on any atom is 0.337 e. The first kappa shape index (κ1) is 13.8. The van der Waals surface area contributed by atoms with Gasteiger partial charge in [-0.3, -0.25) is 0 Å². The molecule has 5 nitrogen and oxygen atoms in total. The van der Waals surface area contributed by atoms with Crippen molar-refractivity contribution in [2.24, 2.45) is 5.92 Å². The SMILES string of the molecule is CC1CCC(O)(CNc2ccc(C(=O)O)cn2)CC1. The van der Waals surface area contributed by atoms with Crippen molar-refractivity contribution < 1.29 is 15.0 Å². The summed E-state index contributed by atoms with van der Waals surface area (Å²) in [5, 5.41) is 22.3. The normalized spacial score (nSPS) is 26.9. The van der Waals surface area contributed by atoms with Gasteiger partial charge in [0, 0.05) is 12.7 Å². The number of aliphatic hydroxyl groups is 1. The van der Waals surface area contributed by atoms with Gasteiger partial charge in [-0.2, -0.15) is 0 Å². The van der Waals surface area contributed by atoms with Crippen LogP contribution in [0.2, 0.25) is 0 Å². The van der Waals surface area contributed by atoms with E-state index < -0.39 is 11.6 Å². The molecule has 1 aromatic rings. The summed E-state index contributed by atoms with van der Waals surface area (Å²) < 4.78 is 0. The smallest absolute Gasteiger partial charge is 0.337 e. The van der Waals surface area contributed by atoms with Gasteiger partial charge in [-0.25, -0.2) is 9.78 Å². The van der Waals surface area contributed by atoms with Crippen LogP contribution in [0.5, 0.6) is 0 Å². The number of pyridine rings is 1. The Balaban J connectivity index is 1.89. The highest BCUT2D eigenvalue weighted by atomic mass is 16.4. The Morgan fingerprint density at radius 3 is 2.68 bits per heavy atom. The molecule has 1 aromatic heterocycles. The Hall–Kier alpha value is -1.62. The number of carboxylic acid groups (broad SMARTS) is 1. The van der Waals surface area contributed by atoms with Crippen LogP contribution in [-0.4, -0.2) is 33.3 Å². The highest BCUT2D eigenvalue weighted by Gasteiger charge is 2.31. The van der Waals surface area contributed by atoms with Crippen LogP contribution < -0.4 is 5.32 Å². The van der Waals surface area contributed by atoms with Gasteiger partial charge in [0.15, 0.2) is 0 Å². The molecule has 104 valence electrons. The van der Waals surface area contributed by atoms with Crippen LogP contribution in [0.25, 0.3) is 0 Å². The monoisotopic (exact) mass is 264 g/mol. The third kappa shape index (κ3) is 3.67. The molecule has 19 heavy (non-hydrogen) atoms. The molecule has 1 aliphatic carbocycles. The zero-order valence-electron chi connectivity index (χ0n) is 11.1. The fraction of sp³-hybridized carbons (Fsp3) is 0.571. The zero-order valence-corrected chi connectivity index (χ0v) is 11.1. The number of nitrogens with one attached hydrogen (secondary N) is 1. The van der Waals surface area contributed by atoms with Gasteiger partial charge in [-0.1, -0.05) is 6.92 Å². The molecule has 0 radical (unpaired) electrons. The summed E-state index contributed by atoms with van der Waals surface area (Å²) in [6.45, 7) is 2.67. The van der Waals surface area contributed by atoms with Gasteiger partial charge in [0.2, 0.25) is 0 Å². The van der Waals surface area contributed by atoms with E-state index in [1.54, 1.807) is 6.07 Å². The molecule has 0 bridgehead atoms. The first-order valence-corrected chi connectivity index (χ1v) is 6.64. The molecule has 0 amide bonds.